The van der Waals surface area contributed by atoms with E-state index in [4.69, 9.17) is 0 Å². The molecule has 4 rings (SSSR count). The van der Waals surface area contributed by atoms with Crippen LogP contribution in [0.25, 0.3) is 17.2 Å². The first-order valence-electron chi connectivity index (χ1n) is 8.25. The Morgan fingerprint density at radius 1 is 1.21 bits per heavy atom. The van der Waals surface area contributed by atoms with E-state index in [1.165, 1.54) is 22.5 Å². The Hall–Kier alpha value is -2.76. The predicted molar refractivity (Wildman–Crippen MR) is 91.2 cm³/mol. The van der Waals surface area contributed by atoms with Gasteiger partial charge in [-0.05, 0) is 37.0 Å². The average Bonchev–Trinajstić information content (AvgIpc) is 3.36. The molecule has 0 aliphatic heterocycles. The second kappa shape index (κ2) is 5.70. The summed E-state index contributed by atoms with van der Waals surface area (Å²) in [7, 11) is 1.68. The molecule has 6 nitrogen and oxygen atoms in total. The number of aryl methyl sites for hydroxylation is 2. The van der Waals surface area contributed by atoms with Crippen LogP contribution in [0.3, 0.4) is 0 Å². The summed E-state index contributed by atoms with van der Waals surface area (Å²) in [6, 6.07) is 9.77. The van der Waals surface area contributed by atoms with Gasteiger partial charge in [-0.1, -0.05) is 19.1 Å². The largest absolute Gasteiger partial charge is 0.302 e. The maximum Gasteiger partial charge on any atom is 0.253 e. The van der Waals surface area contributed by atoms with Gasteiger partial charge in [0.25, 0.3) is 5.56 Å². The van der Waals surface area contributed by atoms with Crippen LogP contribution >= 0.6 is 0 Å². The van der Waals surface area contributed by atoms with Crippen LogP contribution in [-0.2, 0) is 13.5 Å². The van der Waals surface area contributed by atoms with Crippen molar-refractivity contribution in [3.63, 3.8) is 0 Å². The molecule has 3 aromatic rings. The van der Waals surface area contributed by atoms with Gasteiger partial charge in [0.1, 0.15) is 5.69 Å². The van der Waals surface area contributed by atoms with Crippen molar-refractivity contribution in [2.24, 2.45) is 7.05 Å². The van der Waals surface area contributed by atoms with Crippen molar-refractivity contribution in [1.29, 1.82) is 0 Å². The molecule has 0 amide bonds. The highest BCUT2D eigenvalue weighted by atomic mass is 16.1. The van der Waals surface area contributed by atoms with Crippen molar-refractivity contribution in [2.75, 3.05) is 0 Å². The van der Waals surface area contributed by atoms with Crippen LogP contribution in [0.5, 0.6) is 0 Å². The lowest BCUT2D eigenvalue weighted by molar-refractivity contribution is 0.814. The van der Waals surface area contributed by atoms with Gasteiger partial charge in [0.2, 0.25) is 0 Å². The second-order valence-corrected chi connectivity index (χ2v) is 6.22. The number of rotatable bonds is 4. The van der Waals surface area contributed by atoms with Gasteiger partial charge in [0, 0.05) is 19.0 Å². The fraction of sp³-hybridized carbons (Fsp3) is 0.333. The van der Waals surface area contributed by atoms with Gasteiger partial charge in [-0.15, -0.1) is 0 Å². The third-order valence-corrected chi connectivity index (χ3v) is 4.36. The van der Waals surface area contributed by atoms with Crippen LogP contribution in [0.4, 0.5) is 0 Å². The Morgan fingerprint density at radius 3 is 2.58 bits per heavy atom. The summed E-state index contributed by atoms with van der Waals surface area (Å²) >= 11 is 0. The van der Waals surface area contributed by atoms with Gasteiger partial charge < -0.3 is 4.57 Å². The highest BCUT2D eigenvalue weighted by molar-refractivity contribution is 5.53. The molecular weight excluding hydrogens is 302 g/mol. The fourth-order valence-corrected chi connectivity index (χ4v) is 2.65. The van der Waals surface area contributed by atoms with E-state index >= 15 is 0 Å². The van der Waals surface area contributed by atoms with Gasteiger partial charge >= 0.3 is 0 Å². The van der Waals surface area contributed by atoms with Crippen molar-refractivity contribution < 1.29 is 0 Å². The van der Waals surface area contributed by atoms with Crippen LogP contribution in [0, 0.1) is 0 Å². The first-order valence-corrected chi connectivity index (χ1v) is 8.25. The Kier molecular flexibility index (Phi) is 3.52. The Balaban J connectivity index is 1.85. The molecule has 0 spiro atoms. The number of hydrogen-bond donors (Lipinski definition) is 0. The van der Waals surface area contributed by atoms with E-state index in [2.05, 4.69) is 34.1 Å². The molecule has 122 valence electrons. The molecule has 2 heterocycles. The molecule has 0 bridgehead atoms. The van der Waals surface area contributed by atoms with Crippen LogP contribution in [0.1, 0.15) is 37.1 Å². The summed E-state index contributed by atoms with van der Waals surface area (Å²) in [6.07, 6.45) is 4.77. The zero-order valence-corrected chi connectivity index (χ0v) is 13.8. The van der Waals surface area contributed by atoms with Crippen LogP contribution in [0.2, 0.25) is 0 Å². The summed E-state index contributed by atoms with van der Waals surface area (Å²) in [5, 5.41) is 4.68. The molecule has 1 saturated carbocycles. The van der Waals surface area contributed by atoms with Crippen molar-refractivity contribution >= 4 is 0 Å². The molecule has 0 unspecified atom stereocenters. The number of hydrogen-bond acceptors (Lipinski definition) is 4. The molecule has 6 heteroatoms. The minimum Gasteiger partial charge on any atom is -0.302 e. The van der Waals surface area contributed by atoms with E-state index in [-0.39, 0.29) is 5.56 Å². The highest BCUT2D eigenvalue weighted by Crippen LogP contribution is 2.39. The van der Waals surface area contributed by atoms with Crippen molar-refractivity contribution in [3.8, 4) is 17.2 Å². The predicted octanol–water partition coefficient (Wildman–Crippen LogP) is 2.47. The van der Waals surface area contributed by atoms with Crippen molar-refractivity contribution in [2.45, 2.75) is 32.1 Å². The summed E-state index contributed by atoms with van der Waals surface area (Å²) < 4.78 is 3.25. The molecule has 1 aliphatic rings. The Labute approximate surface area is 139 Å². The maximum absolute atomic E-state index is 12.0. The van der Waals surface area contributed by atoms with Gasteiger partial charge in [-0.3, -0.25) is 4.79 Å². The molecule has 0 atom stereocenters. The van der Waals surface area contributed by atoms with Crippen LogP contribution < -0.4 is 5.56 Å². The van der Waals surface area contributed by atoms with Gasteiger partial charge in [-0.2, -0.15) is 5.10 Å². The summed E-state index contributed by atoms with van der Waals surface area (Å²) in [5.41, 5.74) is 2.65. The van der Waals surface area contributed by atoms with Crippen molar-refractivity contribution in [3.05, 3.63) is 58.4 Å². The zero-order valence-electron chi connectivity index (χ0n) is 13.8. The first kappa shape index (κ1) is 14.8. The third kappa shape index (κ3) is 2.64. The fourth-order valence-electron chi connectivity index (χ4n) is 2.65. The van der Waals surface area contributed by atoms with Gasteiger partial charge in [-0.25, -0.2) is 14.6 Å². The first-order chi connectivity index (χ1) is 11.7. The number of benzene rings is 1. The van der Waals surface area contributed by atoms with E-state index in [1.54, 1.807) is 11.7 Å². The topological polar surface area (TPSA) is 65.6 Å². The van der Waals surface area contributed by atoms with Crippen LogP contribution in [-0.4, -0.2) is 24.3 Å². The minimum absolute atomic E-state index is 0.108. The van der Waals surface area contributed by atoms with Gasteiger partial charge in [0.15, 0.2) is 11.6 Å². The molecule has 0 N–H and O–H groups in total. The van der Waals surface area contributed by atoms with E-state index in [0.717, 1.165) is 30.8 Å². The smallest absolute Gasteiger partial charge is 0.253 e. The normalized spacial score (nSPS) is 14.1. The van der Waals surface area contributed by atoms with Crippen molar-refractivity contribution in [1.82, 2.24) is 24.3 Å². The lowest BCUT2D eigenvalue weighted by Gasteiger charge is -2.06. The Morgan fingerprint density at radius 2 is 1.96 bits per heavy atom. The second-order valence-electron chi connectivity index (χ2n) is 6.22. The third-order valence-electron chi connectivity index (χ3n) is 4.36. The zero-order chi connectivity index (χ0) is 16.7. The number of nitrogens with zero attached hydrogens (tertiary/aromatic N) is 5. The molecule has 1 aromatic carbocycles. The summed E-state index contributed by atoms with van der Waals surface area (Å²) in [5.74, 6) is 1.90. The lowest BCUT2D eigenvalue weighted by atomic mass is 10.1. The molecular formula is C18H19N5O. The molecule has 24 heavy (non-hydrogen) atoms. The molecule has 1 fully saturated rings. The average molecular weight is 321 g/mol. The number of aromatic nitrogens is 5. The molecule has 0 radical (unpaired) electrons. The summed E-state index contributed by atoms with van der Waals surface area (Å²) in [4.78, 5) is 21.0. The highest BCUT2D eigenvalue weighted by Gasteiger charge is 2.29. The quantitative estimate of drug-likeness (QED) is 0.740. The van der Waals surface area contributed by atoms with E-state index < -0.39 is 0 Å². The minimum atomic E-state index is -0.108. The monoisotopic (exact) mass is 321 g/mol. The van der Waals surface area contributed by atoms with E-state index in [0.29, 0.717) is 17.4 Å². The summed E-state index contributed by atoms with van der Waals surface area (Å²) in [6.45, 7) is 2.13. The molecule has 0 saturated heterocycles. The van der Waals surface area contributed by atoms with Gasteiger partial charge in [0.05, 0.1) is 12.0 Å². The maximum atomic E-state index is 12.0. The van der Waals surface area contributed by atoms with E-state index in [9.17, 15) is 4.79 Å². The molecule has 2 aromatic heterocycles. The Bertz CT molecular complexity index is 935. The standard InChI is InChI=1S/C18H19N5O/c1-3-12-4-8-14(9-5-12)23-18(20-17(21-23)13-6-7-13)15-10-16(24)22(2)11-19-15/h4-5,8-11,13H,3,6-7H2,1-2H3. The van der Waals surface area contributed by atoms with Crippen LogP contribution in [0.15, 0.2) is 41.5 Å². The molecule has 1 aliphatic carbocycles. The SMILES string of the molecule is CCc1ccc(-n2nc(C3CC3)nc2-c2cc(=O)n(C)cn2)cc1. The van der Waals surface area contributed by atoms with E-state index in [1.807, 2.05) is 12.1 Å². The lowest BCUT2D eigenvalue weighted by Crippen LogP contribution is -2.16.